The maximum atomic E-state index is 12.5. The predicted molar refractivity (Wildman–Crippen MR) is 111 cm³/mol. The lowest BCUT2D eigenvalue weighted by molar-refractivity contribution is -0.122. The Kier molecular flexibility index (Phi) is 5.41. The van der Waals surface area contributed by atoms with Crippen LogP contribution in [-0.2, 0) is 4.79 Å². The molecule has 6 nitrogen and oxygen atoms in total. The molecule has 0 aliphatic carbocycles. The van der Waals surface area contributed by atoms with Gasteiger partial charge in [0.2, 0.25) is 5.91 Å². The van der Waals surface area contributed by atoms with E-state index >= 15 is 0 Å². The Bertz CT molecular complexity index is 1000. The first-order valence-electron chi connectivity index (χ1n) is 9.62. The largest absolute Gasteiger partial charge is 0.493 e. The van der Waals surface area contributed by atoms with Crippen LogP contribution in [0.5, 0.6) is 5.75 Å². The van der Waals surface area contributed by atoms with E-state index in [9.17, 15) is 14.4 Å². The summed E-state index contributed by atoms with van der Waals surface area (Å²) in [5.74, 6) is 0.118. The fourth-order valence-corrected chi connectivity index (χ4v) is 4.17. The van der Waals surface area contributed by atoms with Crippen molar-refractivity contribution < 1.29 is 19.1 Å². The summed E-state index contributed by atoms with van der Waals surface area (Å²) in [6, 6.07) is 10.9. The summed E-state index contributed by atoms with van der Waals surface area (Å²) in [7, 11) is 0. The number of hydrogen-bond acceptors (Lipinski definition) is 4. The zero-order chi connectivity index (χ0) is 20.5. The lowest BCUT2D eigenvalue weighted by Gasteiger charge is -2.27. The van der Waals surface area contributed by atoms with E-state index in [1.54, 1.807) is 12.1 Å². The van der Waals surface area contributed by atoms with Crippen molar-refractivity contribution in [3.8, 4) is 5.75 Å². The molecule has 7 heteroatoms. The molecule has 0 aromatic heterocycles. The van der Waals surface area contributed by atoms with Crippen LogP contribution >= 0.6 is 15.9 Å². The minimum atomic E-state index is -0.284. The van der Waals surface area contributed by atoms with Crippen molar-refractivity contribution in [3.63, 3.8) is 0 Å². The molecule has 2 aliphatic heterocycles. The predicted octanol–water partition coefficient (Wildman–Crippen LogP) is 3.77. The minimum absolute atomic E-state index is 0.102. The summed E-state index contributed by atoms with van der Waals surface area (Å²) in [4.78, 5) is 38.7. The molecule has 4 rings (SSSR count). The lowest BCUT2D eigenvalue weighted by atomic mass is 10.0. The number of imide groups is 1. The summed E-state index contributed by atoms with van der Waals surface area (Å²) >= 11 is 3.45. The van der Waals surface area contributed by atoms with E-state index in [2.05, 4.69) is 21.2 Å². The molecule has 1 unspecified atom stereocenters. The highest BCUT2D eigenvalue weighted by Crippen LogP contribution is 2.34. The molecule has 2 aromatic rings. The fraction of sp³-hybridized carbons (Fsp3) is 0.318. The summed E-state index contributed by atoms with van der Waals surface area (Å²) < 4.78 is 6.58. The van der Waals surface area contributed by atoms with Crippen LogP contribution in [0.25, 0.3) is 0 Å². The first-order valence-corrected chi connectivity index (χ1v) is 10.4. The summed E-state index contributed by atoms with van der Waals surface area (Å²) in [6.07, 6.45) is 1.37. The Morgan fingerprint density at radius 3 is 2.79 bits per heavy atom. The Hall–Kier alpha value is -2.67. The van der Waals surface area contributed by atoms with Gasteiger partial charge in [-0.2, -0.15) is 0 Å². The third-order valence-corrected chi connectivity index (χ3v) is 5.75. The number of fused-ring (bicyclic) bond motifs is 2. The zero-order valence-corrected chi connectivity index (χ0v) is 17.6. The SMILES string of the molecule is Cc1ccc2c(c1)C(=O)N(CCCC(=O)NC1CCOc3ccc(Br)cc31)C2=O. The Labute approximate surface area is 177 Å². The maximum Gasteiger partial charge on any atom is 0.261 e. The molecule has 0 saturated heterocycles. The zero-order valence-electron chi connectivity index (χ0n) is 16.0. The molecule has 150 valence electrons. The van der Waals surface area contributed by atoms with Crippen molar-refractivity contribution in [2.75, 3.05) is 13.2 Å². The van der Waals surface area contributed by atoms with E-state index in [4.69, 9.17) is 4.74 Å². The average Bonchev–Trinajstić information content (AvgIpc) is 2.92. The molecule has 2 aliphatic rings. The van der Waals surface area contributed by atoms with Gasteiger partial charge in [0.05, 0.1) is 23.8 Å². The summed E-state index contributed by atoms with van der Waals surface area (Å²) in [6.45, 7) is 2.67. The van der Waals surface area contributed by atoms with E-state index in [0.29, 0.717) is 30.6 Å². The van der Waals surface area contributed by atoms with Crippen molar-refractivity contribution in [1.29, 1.82) is 0 Å². The molecule has 1 atom stereocenters. The van der Waals surface area contributed by atoms with Crippen LogP contribution in [0.1, 0.15) is 57.1 Å². The number of amides is 3. The van der Waals surface area contributed by atoms with Gasteiger partial charge in [0.1, 0.15) is 5.75 Å². The highest BCUT2D eigenvalue weighted by atomic mass is 79.9. The number of carbonyl (C=O) groups is 3. The van der Waals surface area contributed by atoms with Crippen LogP contribution in [0.2, 0.25) is 0 Å². The second kappa shape index (κ2) is 7.99. The van der Waals surface area contributed by atoms with E-state index < -0.39 is 0 Å². The monoisotopic (exact) mass is 456 g/mol. The smallest absolute Gasteiger partial charge is 0.261 e. The standard InChI is InChI=1S/C22H21BrN2O4/c1-13-4-6-15-16(11-13)22(28)25(21(15)27)9-2-3-20(26)24-18-8-10-29-19-7-5-14(23)12-17(18)19/h4-7,11-12,18H,2-3,8-10H2,1H3,(H,24,26). The van der Waals surface area contributed by atoms with E-state index in [1.807, 2.05) is 31.2 Å². The normalized spacial score (nSPS) is 17.6. The molecule has 3 amide bonds. The molecule has 0 radical (unpaired) electrons. The lowest BCUT2D eigenvalue weighted by Crippen LogP contribution is -2.34. The van der Waals surface area contributed by atoms with Crippen LogP contribution < -0.4 is 10.1 Å². The van der Waals surface area contributed by atoms with E-state index in [-0.39, 0.29) is 36.7 Å². The third-order valence-electron chi connectivity index (χ3n) is 5.26. The first kappa shape index (κ1) is 19.6. The molecular weight excluding hydrogens is 436 g/mol. The third kappa shape index (κ3) is 3.92. The second-order valence-electron chi connectivity index (χ2n) is 7.35. The van der Waals surface area contributed by atoms with Gasteiger partial charge in [-0.25, -0.2) is 0 Å². The van der Waals surface area contributed by atoms with Gasteiger partial charge < -0.3 is 10.1 Å². The summed E-state index contributed by atoms with van der Waals surface area (Å²) in [5, 5.41) is 3.05. The van der Waals surface area contributed by atoms with Crippen molar-refractivity contribution in [3.05, 3.63) is 63.1 Å². The number of hydrogen-bond donors (Lipinski definition) is 1. The van der Waals surface area contributed by atoms with E-state index in [0.717, 1.165) is 21.3 Å². The van der Waals surface area contributed by atoms with Crippen molar-refractivity contribution >= 4 is 33.7 Å². The highest BCUT2D eigenvalue weighted by Gasteiger charge is 2.35. The quantitative estimate of drug-likeness (QED) is 0.694. The van der Waals surface area contributed by atoms with Crippen molar-refractivity contribution in [2.45, 2.75) is 32.2 Å². The number of nitrogens with zero attached hydrogens (tertiary/aromatic N) is 1. The molecule has 2 aromatic carbocycles. The van der Waals surface area contributed by atoms with Gasteiger partial charge in [-0.1, -0.05) is 27.6 Å². The van der Waals surface area contributed by atoms with Gasteiger partial charge in [-0.3, -0.25) is 19.3 Å². The average molecular weight is 457 g/mol. The number of nitrogens with one attached hydrogen (secondary N) is 1. The Morgan fingerprint density at radius 1 is 1.17 bits per heavy atom. The van der Waals surface area contributed by atoms with Gasteiger partial charge in [0.15, 0.2) is 0 Å². The number of halogens is 1. The Balaban J connectivity index is 1.33. The number of carbonyl (C=O) groups excluding carboxylic acids is 3. The number of ether oxygens (including phenoxy) is 1. The molecule has 1 N–H and O–H groups in total. The van der Waals surface area contributed by atoms with Gasteiger partial charge in [0, 0.05) is 29.4 Å². The van der Waals surface area contributed by atoms with Crippen LogP contribution in [0.4, 0.5) is 0 Å². The maximum absolute atomic E-state index is 12.5. The van der Waals surface area contributed by atoms with Gasteiger partial charge in [-0.05, 0) is 43.7 Å². The Morgan fingerprint density at radius 2 is 1.97 bits per heavy atom. The van der Waals surface area contributed by atoms with Crippen LogP contribution in [0.15, 0.2) is 40.9 Å². The molecule has 29 heavy (non-hydrogen) atoms. The molecule has 0 bridgehead atoms. The molecule has 2 heterocycles. The number of aryl methyl sites for hydroxylation is 1. The van der Waals surface area contributed by atoms with Gasteiger partial charge >= 0.3 is 0 Å². The molecular formula is C22H21BrN2O4. The fourth-order valence-electron chi connectivity index (χ4n) is 3.79. The molecule has 0 saturated carbocycles. The second-order valence-corrected chi connectivity index (χ2v) is 8.27. The van der Waals surface area contributed by atoms with Crippen LogP contribution in [0, 0.1) is 6.92 Å². The first-order chi connectivity index (χ1) is 13.9. The molecule has 0 spiro atoms. The van der Waals surface area contributed by atoms with E-state index in [1.165, 1.54) is 4.90 Å². The minimum Gasteiger partial charge on any atom is -0.493 e. The number of benzene rings is 2. The van der Waals surface area contributed by atoms with Crippen molar-refractivity contribution in [2.24, 2.45) is 0 Å². The highest BCUT2D eigenvalue weighted by molar-refractivity contribution is 9.10. The van der Waals surface area contributed by atoms with Crippen molar-refractivity contribution in [1.82, 2.24) is 10.2 Å². The van der Waals surface area contributed by atoms with Gasteiger partial charge in [-0.15, -0.1) is 0 Å². The van der Waals surface area contributed by atoms with Gasteiger partial charge in [0.25, 0.3) is 11.8 Å². The van der Waals surface area contributed by atoms with Crippen LogP contribution in [-0.4, -0.2) is 35.8 Å². The number of rotatable bonds is 5. The van der Waals surface area contributed by atoms with Crippen LogP contribution in [0.3, 0.4) is 0 Å². The topological polar surface area (TPSA) is 75.7 Å². The molecule has 0 fully saturated rings. The summed E-state index contributed by atoms with van der Waals surface area (Å²) in [5.41, 5.74) is 2.78.